The predicted octanol–water partition coefficient (Wildman–Crippen LogP) is 4.07. The third-order valence-corrected chi connectivity index (χ3v) is 8.67. The summed E-state index contributed by atoms with van der Waals surface area (Å²) in [6.45, 7) is 3.35. The number of benzene rings is 2. The molecule has 1 N–H and O–H groups in total. The Bertz CT molecular complexity index is 1200. The van der Waals surface area contributed by atoms with Gasteiger partial charge in [0.25, 0.3) is 5.91 Å². The summed E-state index contributed by atoms with van der Waals surface area (Å²) in [5.74, 6) is -2.74. The third-order valence-electron chi connectivity index (χ3n) is 7.35. The summed E-state index contributed by atoms with van der Waals surface area (Å²) in [6.07, 6.45) is 0.699. The molecule has 2 aliphatic carbocycles. The lowest BCUT2D eigenvalue weighted by Crippen LogP contribution is -2.37. The lowest BCUT2D eigenvalue weighted by Gasteiger charge is -2.28. The lowest BCUT2D eigenvalue weighted by atomic mass is 9.80. The molecule has 5 rings (SSSR count). The first-order valence-corrected chi connectivity index (χ1v) is 12.3. The Morgan fingerprint density at radius 1 is 0.971 bits per heavy atom. The molecular weight excluding hydrogens is 491 g/mol. The van der Waals surface area contributed by atoms with Gasteiger partial charge in [0.2, 0.25) is 11.8 Å². The van der Waals surface area contributed by atoms with Crippen molar-refractivity contribution in [3.63, 3.8) is 0 Å². The minimum Gasteiger partial charge on any atom is -0.452 e. The van der Waals surface area contributed by atoms with E-state index in [1.807, 2.05) is 32.0 Å². The SMILES string of the molecule is Cc1ccc(C)c(NC(=O)COC(=O)c2ccc(N3C(=O)[C@@H]4[C@H]5C[C@@H]([C@H](Cl)[C@H]5Cl)[C@H]4C3=O)cc2)c1. The normalized spacial score (nSPS) is 28.9. The van der Waals surface area contributed by atoms with Crippen molar-refractivity contribution in [1.82, 2.24) is 0 Å². The van der Waals surface area contributed by atoms with Crippen LogP contribution in [-0.2, 0) is 19.1 Å². The van der Waals surface area contributed by atoms with E-state index in [0.29, 0.717) is 17.8 Å². The van der Waals surface area contributed by atoms with Gasteiger partial charge in [-0.1, -0.05) is 12.1 Å². The van der Waals surface area contributed by atoms with E-state index in [0.717, 1.165) is 11.1 Å². The molecule has 0 radical (unpaired) electrons. The van der Waals surface area contributed by atoms with Gasteiger partial charge in [-0.2, -0.15) is 0 Å². The fourth-order valence-electron chi connectivity index (χ4n) is 5.62. The highest BCUT2D eigenvalue weighted by Crippen LogP contribution is 2.59. The summed E-state index contributed by atoms with van der Waals surface area (Å²) in [7, 11) is 0. The van der Waals surface area contributed by atoms with E-state index in [9.17, 15) is 19.2 Å². The zero-order chi connectivity index (χ0) is 25.0. The number of ether oxygens (including phenoxy) is 1. The van der Waals surface area contributed by atoms with Crippen LogP contribution in [0.15, 0.2) is 42.5 Å². The maximum Gasteiger partial charge on any atom is 0.338 e. The Morgan fingerprint density at radius 2 is 1.57 bits per heavy atom. The van der Waals surface area contributed by atoms with Gasteiger partial charge in [0.05, 0.1) is 33.8 Å². The number of imide groups is 1. The second-order valence-corrected chi connectivity index (χ2v) is 10.5. The Kier molecular flexibility index (Phi) is 6.09. The average Bonchev–Trinajstić information content (AvgIpc) is 3.45. The van der Waals surface area contributed by atoms with E-state index in [4.69, 9.17) is 27.9 Å². The number of alkyl halides is 2. The molecule has 2 saturated carbocycles. The van der Waals surface area contributed by atoms with Crippen LogP contribution in [0.25, 0.3) is 0 Å². The zero-order valence-electron chi connectivity index (χ0n) is 19.2. The van der Waals surface area contributed by atoms with Crippen LogP contribution in [0.1, 0.15) is 27.9 Å². The van der Waals surface area contributed by atoms with E-state index in [1.165, 1.54) is 29.2 Å². The molecule has 35 heavy (non-hydrogen) atoms. The summed E-state index contributed by atoms with van der Waals surface area (Å²) >= 11 is 12.8. The van der Waals surface area contributed by atoms with Gasteiger partial charge < -0.3 is 10.1 Å². The van der Waals surface area contributed by atoms with Crippen LogP contribution in [0, 0.1) is 37.5 Å². The number of hydrogen-bond donors (Lipinski definition) is 1. The average molecular weight is 515 g/mol. The fraction of sp³-hybridized carbons (Fsp3) is 0.385. The van der Waals surface area contributed by atoms with E-state index >= 15 is 0 Å². The maximum atomic E-state index is 13.1. The molecule has 0 unspecified atom stereocenters. The maximum absolute atomic E-state index is 13.1. The Hall–Kier alpha value is -2.90. The molecule has 3 aliphatic rings. The summed E-state index contributed by atoms with van der Waals surface area (Å²) in [6, 6.07) is 11.7. The van der Waals surface area contributed by atoms with E-state index in [1.54, 1.807) is 0 Å². The van der Waals surface area contributed by atoms with Crippen molar-refractivity contribution in [2.45, 2.75) is 31.0 Å². The molecule has 0 aromatic heterocycles. The van der Waals surface area contributed by atoms with Crippen molar-refractivity contribution in [1.29, 1.82) is 0 Å². The number of anilines is 2. The Balaban J connectivity index is 1.22. The zero-order valence-corrected chi connectivity index (χ0v) is 20.7. The van der Waals surface area contributed by atoms with Gasteiger partial charge in [-0.05, 0) is 73.6 Å². The van der Waals surface area contributed by atoms with Crippen molar-refractivity contribution in [3.8, 4) is 0 Å². The standard InChI is InChI=1S/C26H24Cl2N2O5/c1-12-3-4-13(2)18(9-12)29-19(31)11-35-26(34)14-5-7-15(8-6-14)30-24(32)20-16-10-17(21(20)25(30)33)23(28)22(16)27/h3-9,16-17,20-23H,10-11H2,1-2H3,(H,29,31)/t16-,17-,20-,21-,22+,23+/m1/s1. The molecule has 1 aliphatic heterocycles. The molecule has 182 valence electrons. The molecule has 1 heterocycles. The second-order valence-electron chi connectivity index (χ2n) is 9.51. The molecule has 9 heteroatoms. The number of hydrogen-bond acceptors (Lipinski definition) is 5. The molecule has 2 aromatic carbocycles. The number of rotatable bonds is 5. The first-order valence-electron chi connectivity index (χ1n) is 11.5. The first kappa shape index (κ1) is 23.8. The van der Waals surface area contributed by atoms with Crippen LogP contribution in [0.2, 0.25) is 0 Å². The van der Waals surface area contributed by atoms with Crippen LogP contribution in [0.4, 0.5) is 11.4 Å². The highest BCUT2D eigenvalue weighted by atomic mass is 35.5. The summed E-state index contributed by atoms with van der Waals surface area (Å²) in [5.41, 5.74) is 3.15. The molecule has 3 fully saturated rings. The largest absolute Gasteiger partial charge is 0.452 e. The van der Waals surface area contributed by atoms with E-state index in [2.05, 4.69) is 5.32 Å². The summed E-state index contributed by atoms with van der Waals surface area (Å²) in [4.78, 5) is 52.0. The van der Waals surface area contributed by atoms with Gasteiger partial charge in [0.1, 0.15) is 0 Å². The monoisotopic (exact) mass is 514 g/mol. The molecule has 1 saturated heterocycles. The highest BCUT2D eigenvalue weighted by Gasteiger charge is 2.66. The van der Waals surface area contributed by atoms with Gasteiger partial charge in [-0.3, -0.25) is 19.3 Å². The summed E-state index contributed by atoms with van der Waals surface area (Å²) < 4.78 is 5.13. The predicted molar refractivity (Wildman–Crippen MR) is 132 cm³/mol. The van der Waals surface area contributed by atoms with Crippen LogP contribution in [0.5, 0.6) is 0 Å². The molecular formula is C26H24Cl2N2O5. The topological polar surface area (TPSA) is 92.8 Å². The van der Waals surface area contributed by atoms with Gasteiger partial charge in [-0.15, -0.1) is 23.2 Å². The van der Waals surface area contributed by atoms with E-state index in [-0.39, 0.29) is 40.0 Å². The van der Waals surface area contributed by atoms with Crippen LogP contribution < -0.4 is 10.2 Å². The number of nitrogens with one attached hydrogen (secondary N) is 1. The molecule has 3 amide bonds. The van der Waals surface area contributed by atoms with Crippen LogP contribution in [0.3, 0.4) is 0 Å². The lowest BCUT2D eigenvalue weighted by molar-refractivity contribution is -0.123. The van der Waals surface area contributed by atoms with Gasteiger partial charge in [-0.25, -0.2) is 4.79 Å². The summed E-state index contributed by atoms with van der Waals surface area (Å²) in [5, 5.41) is 2.10. The van der Waals surface area contributed by atoms with Crippen molar-refractivity contribution in [3.05, 3.63) is 59.2 Å². The molecule has 0 spiro atoms. The minimum atomic E-state index is -0.684. The van der Waals surface area contributed by atoms with E-state index < -0.39 is 30.3 Å². The molecule has 6 atom stereocenters. The van der Waals surface area contributed by atoms with Crippen LogP contribution in [-0.4, -0.2) is 41.1 Å². The van der Waals surface area contributed by atoms with Gasteiger partial charge in [0.15, 0.2) is 6.61 Å². The Morgan fingerprint density at radius 3 is 2.17 bits per heavy atom. The quantitative estimate of drug-likeness (QED) is 0.368. The number of aryl methyl sites for hydroxylation is 2. The minimum absolute atomic E-state index is 0.0976. The number of carbonyl (C=O) groups is 4. The first-order chi connectivity index (χ1) is 16.7. The van der Waals surface area contributed by atoms with Crippen molar-refractivity contribution >= 4 is 58.3 Å². The molecule has 7 nitrogen and oxygen atoms in total. The molecule has 2 bridgehead atoms. The van der Waals surface area contributed by atoms with Gasteiger partial charge >= 0.3 is 5.97 Å². The number of amides is 3. The van der Waals surface area contributed by atoms with Crippen molar-refractivity contribution in [2.24, 2.45) is 23.7 Å². The fourth-order valence-corrected chi connectivity index (χ4v) is 6.51. The number of nitrogens with zero attached hydrogens (tertiary/aromatic N) is 1. The number of fused-ring (bicyclic) bond motifs is 5. The van der Waals surface area contributed by atoms with Crippen molar-refractivity contribution < 1.29 is 23.9 Å². The van der Waals surface area contributed by atoms with Gasteiger partial charge in [0, 0.05) is 5.69 Å². The highest BCUT2D eigenvalue weighted by molar-refractivity contribution is 6.32. The Labute approximate surface area is 212 Å². The van der Waals surface area contributed by atoms with Crippen molar-refractivity contribution in [2.75, 3.05) is 16.8 Å². The number of halogens is 2. The third kappa shape index (κ3) is 4.00. The molecule has 2 aromatic rings. The smallest absolute Gasteiger partial charge is 0.338 e. The number of carbonyl (C=O) groups excluding carboxylic acids is 4. The number of esters is 1. The second kappa shape index (κ2) is 8.95. The van der Waals surface area contributed by atoms with Crippen LogP contribution >= 0.6 is 23.2 Å².